The van der Waals surface area contributed by atoms with Crippen LogP contribution >= 0.6 is 12.2 Å². The van der Waals surface area contributed by atoms with Crippen molar-refractivity contribution in [3.8, 4) is 5.75 Å². The van der Waals surface area contributed by atoms with Crippen LogP contribution in [0.5, 0.6) is 5.75 Å². The first-order valence-corrected chi connectivity index (χ1v) is 5.88. The first-order valence-electron chi connectivity index (χ1n) is 5.47. The zero-order chi connectivity index (χ0) is 13.7. The van der Waals surface area contributed by atoms with Crippen molar-refractivity contribution < 1.29 is 9.53 Å². The number of rotatable bonds is 3. The molecule has 2 rings (SSSR count). The number of carbonyl (C=O) groups excluding carboxylic acids is 1. The number of fused-ring (bicyclic) bond motifs is 1. The van der Waals surface area contributed by atoms with Crippen LogP contribution in [-0.4, -0.2) is 22.6 Å². The van der Waals surface area contributed by atoms with Gasteiger partial charge in [-0.05, 0) is 24.4 Å². The molecule has 0 bridgehead atoms. The Morgan fingerprint density at radius 2 is 2.11 bits per heavy atom. The molecule has 0 aliphatic rings. The second-order valence-corrected chi connectivity index (χ2v) is 4.10. The van der Waals surface area contributed by atoms with Gasteiger partial charge >= 0.3 is 0 Å². The van der Waals surface area contributed by atoms with Crippen LogP contribution in [0, 0.1) is 0 Å². The van der Waals surface area contributed by atoms with Gasteiger partial charge in [0.05, 0.1) is 0 Å². The Hall–Kier alpha value is -2.41. The van der Waals surface area contributed by atoms with Crippen LogP contribution < -0.4 is 21.3 Å². The minimum atomic E-state index is -0.388. The number of pyridine rings is 1. The molecule has 0 atom stereocenters. The number of hydrogen-bond donors (Lipinski definition) is 3. The molecular weight excluding hydrogens is 264 g/mol. The summed E-state index contributed by atoms with van der Waals surface area (Å²) in [6, 6.07) is 9.27. The monoisotopic (exact) mass is 276 g/mol. The lowest BCUT2D eigenvalue weighted by atomic mass is 10.2. The van der Waals surface area contributed by atoms with Crippen molar-refractivity contribution in [1.29, 1.82) is 0 Å². The van der Waals surface area contributed by atoms with E-state index < -0.39 is 0 Å². The lowest BCUT2D eigenvalue weighted by molar-refractivity contribution is -0.123. The molecule has 0 aliphatic heterocycles. The lowest BCUT2D eigenvalue weighted by Crippen LogP contribution is -2.46. The summed E-state index contributed by atoms with van der Waals surface area (Å²) in [5, 5.41) is 0.932. The molecule has 0 saturated carbocycles. The number of thiocarbonyl (C=S) groups is 1. The number of amides is 1. The number of para-hydroxylation sites is 1. The summed E-state index contributed by atoms with van der Waals surface area (Å²) in [5.41, 5.74) is 10.5. The van der Waals surface area contributed by atoms with Gasteiger partial charge < -0.3 is 10.5 Å². The molecule has 1 aromatic heterocycles. The summed E-state index contributed by atoms with van der Waals surface area (Å²) in [7, 11) is 0. The maximum Gasteiger partial charge on any atom is 0.276 e. The van der Waals surface area contributed by atoms with Crippen LogP contribution in [0.25, 0.3) is 10.9 Å². The molecule has 1 heterocycles. The molecular formula is C12H12N4O2S. The second kappa shape index (κ2) is 5.96. The predicted molar refractivity (Wildman–Crippen MR) is 75.3 cm³/mol. The van der Waals surface area contributed by atoms with Gasteiger partial charge in [0.25, 0.3) is 5.91 Å². The van der Waals surface area contributed by atoms with Crippen LogP contribution in [0.2, 0.25) is 0 Å². The Morgan fingerprint density at radius 3 is 2.89 bits per heavy atom. The summed E-state index contributed by atoms with van der Waals surface area (Å²) in [5.74, 6) is 0.157. The van der Waals surface area contributed by atoms with Gasteiger partial charge in [0.15, 0.2) is 11.7 Å². The van der Waals surface area contributed by atoms with Gasteiger partial charge in [-0.25, -0.2) is 0 Å². The van der Waals surface area contributed by atoms with E-state index in [0.29, 0.717) is 11.3 Å². The van der Waals surface area contributed by atoms with Crippen LogP contribution in [0.3, 0.4) is 0 Å². The van der Waals surface area contributed by atoms with Crippen molar-refractivity contribution >= 4 is 34.1 Å². The smallest absolute Gasteiger partial charge is 0.276 e. The highest BCUT2D eigenvalue weighted by Crippen LogP contribution is 2.22. The van der Waals surface area contributed by atoms with Crippen LogP contribution in [0.15, 0.2) is 36.5 Å². The van der Waals surface area contributed by atoms with Crippen molar-refractivity contribution in [2.75, 3.05) is 6.61 Å². The number of nitrogens with two attached hydrogens (primary N) is 1. The van der Waals surface area contributed by atoms with E-state index in [1.165, 1.54) is 0 Å². The van der Waals surface area contributed by atoms with E-state index >= 15 is 0 Å². The van der Waals surface area contributed by atoms with Gasteiger partial charge in [-0.1, -0.05) is 18.2 Å². The highest BCUT2D eigenvalue weighted by Gasteiger charge is 2.06. The van der Waals surface area contributed by atoms with Gasteiger partial charge in [0, 0.05) is 11.6 Å². The number of nitrogens with zero attached hydrogens (tertiary/aromatic N) is 1. The van der Waals surface area contributed by atoms with E-state index in [1.54, 1.807) is 12.3 Å². The normalized spacial score (nSPS) is 9.89. The lowest BCUT2D eigenvalue weighted by Gasteiger charge is -2.09. The molecule has 1 amide bonds. The molecule has 98 valence electrons. The van der Waals surface area contributed by atoms with Gasteiger partial charge in [-0.3, -0.25) is 20.6 Å². The summed E-state index contributed by atoms with van der Waals surface area (Å²) in [6.45, 7) is -0.161. The Kier molecular flexibility index (Phi) is 4.09. The summed E-state index contributed by atoms with van der Waals surface area (Å²) in [6.07, 6.45) is 1.67. The highest BCUT2D eigenvalue weighted by atomic mass is 32.1. The molecule has 0 saturated heterocycles. The predicted octanol–water partition coefficient (Wildman–Crippen LogP) is 0.478. The fourth-order valence-electron chi connectivity index (χ4n) is 1.50. The summed E-state index contributed by atoms with van der Waals surface area (Å²) in [4.78, 5) is 15.6. The molecule has 0 spiro atoms. The first-order chi connectivity index (χ1) is 9.16. The minimum Gasteiger partial charge on any atom is -0.481 e. The average Bonchev–Trinajstić information content (AvgIpc) is 2.42. The Balaban J connectivity index is 2.02. The average molecular weight is 276 g/mol. The number of aromatic nitrogens is 1. The Labute approximate surface area is 114 Å². The van der Waals surface area contributed by atoms with Crippen molar-refractivity contribution in [2.45, 2.75) is 0 Å². The van der Waals surface area contributed by atoms with Gasteiger partial charge in [-0.2, -0.15) is 0 Å². The third kappa shape index (κ3) is 3.52. The van der Waals surface area contributed by atoms with Crippen LogP contribution in [-0.2, 0) is 4.79 Å². The topological polar surface area (TPSA) is 89.3 Å². The van der Waals surface area contributed by atoms with Gasteiger partial charge in [-0.15, -0.1) is 0 Å². The summed E-state index contributed by atoms with van der Waals surface area (Å²) >= 11 is 4.56. The van der Waals surface area contributed by atoms with Crippen molar-refractivity contribution in [3.05, 3.63) is 36.5 Å². The van der Waals surface area contributed by atoms with E-state index in [2.05, 4.69) is 28.1 Å². The van der Waals surface area contributed by atoms with Gasteiger partial charge in [0.1, 0.15) is 11.3 Å². The molecule has 6 nitrogen and oxygen atoms in total. The molecule has 0 unspecified atom stereocenters. The largest absolute Gasteiger partial charge is 0.481 e. The molecule has 7 heteroatoms. The van der Waals surface area contributed by atoms with Crippen molar-refractivity contribution in [1.82, 2.24) is 15.8 Å². The molecule has 19 heavy (non-hydrogen) atoms. The van der Waals surface area contributed by atoms with E-state index in [1.807, 2.05) is 24.3 Å². The molecule has 2 aromatic rings. The molecule has 0 radical (unpaired) electrons. The Morgan fingerprint density at radius 1 is 1.32 bits per heavy atom. The maximum absolute atomic E-state index is 11.4. The number of nitrogens with one attached hydrogen (secondary N) is 2. The first kappa shape index (κ1) is 13.0. The van der Waals surface area contributed by atoms with Crippen molar-refractivity contribution in [3.63, 3.8) is 0 Å². The minimum absolute atomic E-state index is 0.0137. The SMILES string of the molecule is NC(=S)NNC(=O)COc1cccc2cccnc12. The molecule has 4 N–H and O–H groups in total. The molecule has 1 aromatic carbocycles. The zero-order valence-corrected chi connectivity index (χ0v) is 10.7. The number of carbonyl (C=O) groups is 1. The number of benzene rings is 1. The van der Waals surface area contributed by atoms with Crippen LogP contribution in [0.1, 0.15) is 0 Å². The fraction of sp³-hybridized carbons (Fsp3) is 0.0833. The van der Waals surface area contributed by atoms with E-state index in [9.17, 15) is 4.79 Å². The third-order valence-electron chi connectivity index (χ3n) is 2.28. The fourth-order valence-corrected chi connectivity index (χ4v) is 1.55. The standard InChI is InChI=1S/C12H12N4O2S/c13-12(19)16-15-10(17)7-18-9-5-1-3-8-4-2-6-14-11(8)9/h1-6H,7H2,(H,15,17)(H3,13,16,19). The van der Waals surface area contributed by atoms with Gasteiger partial charge in [0.2, 0.25) is 0 Å². The van der Waals surface area contributed by atoms with E-state index in [0.717, 1.165) is 5.39 Å². The zero-order valence-electron chi connectivity index (χ0n) is 9.92. The highest BCUT2D eigenvalue weighted by molar-refractivity contribution is 7.80. The van der Waals surface area contributed by atoms with Crippen molar-refractivity contribution in [2.24, 2.45) is 5.73 Å². The second-order valence-electron chi connectivity index (χ2n) is 3.66. The van der Waals surface area contributed by atoms with E-state index in [-0.39, 0.29) is 17.6 Å². The number of ether oxygens (including phenoxy) is 1. The third-order valence-corrected chi connectivity index (χ3v) is 2.38. The summed E-state index contributed by atoms with van der Waals surface area (Å²) < 4.78 is 5.41. The number of hydrogen-bond acceptors (Lipinski definition) is 4. The Bertz CT molecular complexity index is 612. The van der Waals surface area contributed by atoms with E-state index in [4.69, 9.17) is 10.5 Å². The number of hydrazine groups is 1. The maximum atomic E-state index is 11.4. The molecule has 0 aliphatic carbocycles. The quantitative estimate of drug-likeness (QED) is 0.558. The molecule has 0 fully saturated rings. The van der Waals surface area contributed by atoms with Crippen LogP contribution in [0.4, 0.5) is 0 Å².